The van der Waals surface area contributed by atoms with E-state index in [1.165, 1.54) is 5.56 Å². The normalized spacial score (nSPS) is 10.4. The van der Waals surface area contributed by atoms with Crippen molar-refractivity contribution in [3.8, 4) is 11.5 Å². The van der Waals surface area contributed by atoms with Crippen LogP contribution in [0.3, 0.4) is 0 Å². The third-order valence-corrected chi connectivity index (χ3v) is 3.58. The molecule has 2 rings (SSSR count). The van der Waals surface area contributed by atoms with Crippen LogP contribution in [0.4, 0.5) is 0 Å². The third kappa shape index (κ3) is 5.24. The Balaban J connectivity index is 1.82. The van der Waals surface area contributed by atoms with Crippen molar-refractivity contribution in [3.05, 3.63) is 59.7 Å². The lowest BCUT2D eigenvalue weighted by molar-refractivity contribution is 0.354. The minimum atomic E-state index is 0.476. The minimum Gasteiger partial charge on any atom is -0.493 e. The minimum absolute atomic E-state index is 0.476. The van der Waals surface area contributed by atoms with Crippen LogP contribution in [0, 0.1) is 0 Å². The standard InChI is InChI=1S/C18H21N3O2S/c1-22-16-10-6-9-15(17(16)23-2)13-20-21-18(24)19-12-11-14-7-4-3-5-8-14/h3-10,13H,11-12H2,1-2H3,(H2,19,21,24)/b20-13-. The second-order valence-corrected chi connectivity index (χ2v) is 5.35. The van der Waals surface area contributed by atoms with Crippen LogP contribution in [0.2, 0.25) is 0 Å². The first-order chi connectivity index (χ1) is 11.7. The molecule has 0 spiro atoms. The molecule has 126 valence electrons. The summed E-state index contributed by atoms with van der Waals surface area (Å²) in [5, 5.41) is 7.73. The fourth-order valence-electron chi connectivity index (χ4n) is 2.18. The van der Waals surface area contributed by atoms with E-state index < -0.39 is 0 Å². The Bertz CT molecular complexity index is 690. The smallest absolute Gasteiger partial charge is 0.186 e. The molecule has 24 heavy (non-hydrogen) atoms. The zero-order valence-corrected chi connectivity index (χ0v) is 14.6. The van der Waals surface area contributed by atoms with Crippen LogP contribution in [0.15, 0.2) is 53.6 Å². The maximum atomic E-state index is 5.35. The van der Waals surface area contributed by atoms with E-state index >= 15 is 0 Å². The van der Waals surface area contributed by atoms with Gasteiger partial charge in [-0.05, 0) is 36.3 Å². The second kappa shape index (κ2) is 9.52. The molecule has 0 aliphatic carbocycles. The molecule has 0 radical (unpaired) electrons. The van der Waals surface area contributed by atoms with Crippen molar-refractivity contribution in [1.29, 1.82) is 0 Å². The Kier molecular flexibility index (Phi) is 7.04. The van der Waals surface area contributed by atoms with Gasteiger partial charge in [0.2, 0.25) is 0 Å². The monoisotopic (exact) mass is 343 g/mol. The van der Waals surface area contributed by atoms with Crippen molar-refractivity contribution >= 4 is 23.5 Å². The Morgan fingerprint density at radius 2 is 1.88 bits per heavy atom. The number of methoxy groups -OCH3 is 2. The van der Waals surface area contributed by atoms with Crippen LogP contribution in [-0.4, -0.2) is 32.1 Å². The van der Waals surface area contributed by atoms with E-state index in [-0.39, 0.29) is 0 Å². The number of thiocarbonyl (C=S) groups is 1. The van der Waals surface area contributed by atoms with Gasteiger partial charge in [-0.25, -0.2) is 0 Å². The molecule has 2 aromatic rings. The first kappa shape index (κ1) is 17.7. The van der Waals surface area contributed by atoms with E-state index in [1.54, 1.807) is 20.4 Å². The summed E-state index contributed by atoms with van der Waals surface area (Å²) in [4.78, 5) is 0. The van der Waals surface area contributed by atoms with Gasteiger partial charge in [0.15, 0.2) is 16.6 Å². The maximum absolute atomic E-state index is 5.35. The molecule has 5 nitrogen and oxygen atoms in total. The van der Waals surface area contributed by atoms with Crippen LogP contribution < -0.4 is 20.2 Å². The zero-order valence-electron chi connectivity index (χ0n) is 13.8. The van der Waals surface area contributed by atoms with E-state index in [0.717, 1.165) is 18.5 Å². The Morgan fingerprint density at radius 1 is 1.08 bits per heavy atom. The highest BCUT2D eigenvalue weighted by molar-refractivity contribution is 7.80. The second-order valence-electron chi connectivity index (χ2n) is 4.94. The molecule has 0 saturated heterocycles. The summed E-state index contributed by atoms with van der Waals surface area (Å²) in [7, 11) is 3.20. The summed E-state index contributed by atoms with van der Waals surface area (Å²) in [6.45, 7) is 0.744. The molecule has 0 atom stereocenters. The summed E-state index contributed by atoms with van der Waals surface area (Å²) in [6, 6.07) is 15.8. The molecular weight excluding hydrogens is 322 g/mol. The van der Waals surface area contributed by atoms with Gasteiger partial charge in [0.1, 0.15) is 0 Å². The van der Waals surface area contributed by atoms with Crippen molar-refractivity contribution < 1.29 is 9.47 Å². The highest BCUT2D eigenvalue weighted by Gasteiger charge is 2.07. The van der Waals surface area contributed by atoms with Gasteiger partial charge in [0.25, 0.3) is 0 Å². The lowest BCUT2D eigenvalue weighted by Crippen LogP contribution is -2.33. The van der Waals surface area contributed by atoms with Crippen LogP contribution in [0.1, 0.15) is 11.1 Å². The largest absolute Gasteiger partial charge is 0.493 e. The van der Waals surface area contributed by atoms with Crippen molar-refractivity contribution in [2.45, 2.75) is 6.42 Å². The Morgan fingerprint density at radius 3 is 2.58 bits per heavy atom. The van der Waals surface area contributed by atoms with Gasteiger partial charge in [-0.1, -0.05) is 36.4 Å². The van der Waals surface area contributed by atoms with Crippen molar-refractivity contribution in [2.75, 3.05) is 20.8 Å². The van der Waals surface area contributed by atoms with Gasteiger partial charge in [0, 0.05) is 12.1 Å². The molecule has 0 aliphatic rings. The van der Waals surface area contributed by atoms with Crippen LogP contribution in [0.5, 0.6) is 11.5 Å². The van der Waals surface area contributed by atoms with Crippen molar-refractivity contribution in [2.24, 2.45) is 5.10 Å². The van der Waals surface area contributed by atoms with E-state index in [0.29, 0.717) is 16.6 Å². The number of para-hydroxylation sites is 1. The molecule has 0 heterocycles. The van der Waals surface area contributed by atoms with Gasteiger partial charge < -0.3 is 14.8 Å². The van der Waals surface area contributed by atoms with Gasteiger partial charge in [-0.15, -0.1) is 0 Å². The highest BCUT2D eigenvalue weighted by atomic mass is 32.1. The highest BCUT2D eigenvalue weighted by Crippen LogP contribution is 2.29. The SMILES string of the molecule is COc1cccc(/C=N\NC(=S)NCCc2ccccc2)c1OC. The van der Waals surface area contributed by atoms with Crippen molar-refractivity contribution in [1.82, 2.24) is 10.7 Å². The number of rotatable bonds is 7. The summed E-state index contributed by atoms with van der Waals surface area (Å²) in [6.07, 6.45) is 2.54. The average molecular weight is 343 g/mol. The Labute approximate surface area is 147 Å². The van der Waals surface area contributed by atoms with Crippen LogP contribution in [0.25, 0.3) is 0 Å². The zero-order chi connectivity index (χ0) is 17.2. The van der Waals surface area contributed by atoms with E-state index in [4.69, 9.17) is 21.7 Å². The quantitative estimate of drug-likeness (QED) is 0.460. The van der Waals surface area contributed by atoms with Crippen LogP contribution in [-0.2, 0) is 6.42 Å². The molecule has 0 aromatic heterocycles. The number of hydrazone groups is 1. The van der Waals surface area contributed by atoms with Gasteiger partial charge >= 0.3 is 0 Å². The summed E-state index contributed by atoms with van der Waals surface area (Å²) in [5.74, 6) is 1.29. The molecule has 0 aliphatic heterocycles. The predicted molar refractivity (Wildman–Crippen MR) is 101 cm³/mol. The van der Waals surface area contributed by atoms with Gasteiger partial charge in [-0.2, -0.15) is 5.10 Å². The number of nitrogens with one attached hydrogen (secondary N) is 2. The molecule has 0 fully saturated rings. The van der Waals surface area contributed by atoms with E-state index in [1.807, 2.05) is 36.4 Å². The summed E-state index contributed by atoms with van der Waals surface area (Å²) in [5.41, 5.74) is 4.86. The Hall–Kier alpha value is -2.60. The summed E-state index contributed by atoms with van der Waals surface area (Å²) >= 11 is 5.20. The topological polar surface area (TPSA) is 54.9 Å². The van der Waals surface area contributed by atoms with Crippen LogP contribution >= 0.6 is 12.2 Å². The first-order valence-electron chi connectivity index (χ1n) is 7.56. The van der Waals surface area contributed by atoms with Gasteiger partial charge in [0.05, 0.1) is 20.4 Å². The number of ether oxygens (including phenoxy) is 2. The average Bonchev–Trinajstić information content (AvgIpc) is 2.62. The molecule has 0 saturated carbocycles. The van der Waals surface area contributed by atoms with E-state index in [2.05, 4.69) is 28.0 Å². The molecule has 2 N–H and O–H groups in total. The molecule has 6 heteroatoms. The predicted octanol–water partition coefficient (Wildman–Crippen LogP) is 2.74. The number of hydrogen-bond donors (Lipinski definition) is 2. The molecular formula is C18H21N3O2S. The molecule has 0 unspecified atom stereocenters. The number of nitrogens with zero attached hydrogens (tertiary/aromatic N) is 1. The number of benzene rings is 2. The third-order valence-electron chi connectivity index (χ3n) is 3.35. The summed E-state index contributed by atoms with van der Waals surface area (Å²) < 4.78 is 10.6. The fourth-order valence-corrected chi connectivity index (χ4v) is 2.33. The van der Waals surface area contributed by atoms with Gasteiger partial charge in [-0.3, -0.25) is 5.43 Å². The molecule has 0 bridgehead atoms. The lowest BCUT2D eigenvalue weighted by Gasteiger charge is -2.10. The number of hydrogen-bond acceptors (Lipinski definition) is 4. The lowest BCUT2D eigenvalue weighted by atomic mass is 10.1. The van der Waals surface area contributed by atoms with E-state index in [9.17, 15) is 0 Å². The maximum Gasteiger partial charge on any atom is 0.186 e. The first-order valence-corrected chi connectivity index (χ1v) is 7.97. The van der Waals surface area contributed by atoms with Crippen molar-refractivity contribution in [3.63, 3.8) is 0 Å². The molecule has 2 aromatic carbocycles. The molecule has 0 amide bonds. The fraction of sp³-hybridized carbons (Fsp3) is 0.222.